The normalized spacial score (nSPS) is 15.8. The van der Waals surface area contributed by atoms with Gasteiger partial charge in [0.2, 0.25) is 0 Å². The van der Waals surface area contributed by atoms with E-state index in [1.807, 2.05) is 4.90 Å². The first-order chi connectivity index (χ1) is 13.7. The molecular weight excluding hydrogens is 388 g/mol. The Balaban J connectivity index is 2.22. The second-order valence-electron chi connectivity index (χ2n) is 8.49. The van der Waals surface area contributed by atoms with Crippen molar-refractivity contribution in [1.29, 1.82) is 0 Å². The minimum absolute atomic E-state index is 0.171. The number of aromatic nitrogens is 2. The highest BCUT2D eigenvalue weighted by molar-refractivity contribution is 6.76. The van der Waals surface area contributed by atoms with E-state index in [0.29, 0.717) is 24.7 Å². The lowest BCUT2D eigenvalue weighted by atomic mass is 10.3. The van der Waals surface area contributed by atoms with E-state index in [9.17, 15) is 9.59 Å². The largest absolute Gasteiger partial charge is 0.463 e. The third-order valence-electron chi connectivity index (χ3n) is 4.68. The molecule has 0 saturated carbocycles. The summed E-state index contributed by atoms with van der Waals surface area (Å²) in [5.41, 5.74) is 0.358. The van der Waals surface area contributed by atoms with Gasteiger partial charge in [0, 0.05) is 53.1 Å². The van der Waals surface area contributed by atoms with Gasteiger partial charge in [0.05, 0.1) is 12.3 Å². The maximum Gasteiger partial charge on any atom is 0.330 e. The highest BCUT2D eigenvalue weighted by atomic mass is 28.3. The Morgan fingerprint density at radius 3 is 2.55 bits per heavy atom. The molecule has 0 atom stereocenters. The fourth-order valence-corrected chi connectivity index (χ4v) is 3.59. The van der Waals surface area contributed by atoms with Crippen LogP contribution in [0.3, 0.4) is 0 Å². The Bertz CT molecular complexity index is 765. The quantitative estimate of drug-likeness (QED) is 0.260. The van der Waals surface area contributed by atoms with E-state index >= 15 is 0 Å². The van der Waals surface area contributed by atoms with Crippen LogP contribution in [0, 0.1) is 0 Å². The number of hydrogen-bond donors (Lipinski definition) is 0. The van der Waals surface area contributed by atoms with E-state index in [1.54, 1.807) is 19.2 Å². The van der Waals surface area contributed by atoms with Gasteiger partial charge >= 0.3 is 5.97 Å². The smallest absolute Gasteiger partial charge is 0.330 e. The molecule has 2 rings (SSSR count). The summed E-state index contributed by atoms with van der Waals surface area (Å²) in [5, 5.41) is 0. The summed E-state index contributed by atoms with van der Waals surface area (Å²) >= 11 is 0. The van der Waals surface area contributed by atoms with E-state index < -0.39 is 14.0 Å². The number of piperazine rings is 1. The zero-order valence-corrected chi connectivity index (χ0v) is 19.3. The summed E-state index contributed by atoms with van der Waals surface area (Å²) in [6, 6.07) is 1.04. The number of rotatable bonds is 9. The number of carbonyl (C=O) groups is 1. The molecular formula is C20H34N4O4Si. The molecule has 1 aliphatic rings. The molecule has 8 nitrogen and oxygen atoms in total. The zero-order chi connectivity index (χ0) is 21.4. The van der Waals surface area contributed by atoms with E-state index in [4.69, 9.17) is 9.47 Å². The number of ether oxygens (including phenoxy) is 2. The minimum Gasteiger partial charge on any atom is -0.463 e. The Morgan fingerprint density at radius 1 is 1.24 bits per heavy atom. The molecule has 0 N–H and O–H groups in total. The molecule has 1 fully saturated rings. The van der Waals surface area contributed by atoms with Crippen LogP contribution in [0.25, 0.3) is 6.08 Å². The Kier molecular flexibility index (Phi) is 8.60. The molecule has 0 aromatic carbocycles. The van der Waals surface area contributed by atoms with Crippen LogP contribution in [-0.2, 0) is 21.0 Å². The van der Waals surface area contributed by atoms with Gasteiger partial charge in [0.25, 0.3) is 5.56 Å². The van der Waals surface area contributed by atoms with Crippen LogP contribution in [0.15, 0.2) is 17.1 Å². The van der Waals surface area contributed by atoms with Crippen molar-refractivity contribution in [3.63, 3.8) is 0 Å². The van der Waals surface area contributed by atoms with Crippen LogP contribution in [0.2, 0.25) is 25.7 Å². The van der Waals surface area contributed by atoms with Gasteiger partial charge in [-0.25, -0.2) is 9.78 Å². The van der Waals surface area contributed by atoms with Crippen LogP contribution >= 0.6 is 0 Å². The Hall–Kier alpha value is -1.97. The zero-order valence-electron chi connectivity index (χ0n) is 18.3. The molecule has 2 heterocycles. The third-order valence-corrected chi connectivity index (χ3v) is 6.39. The molecule has 1 aliphatic heterocycles. The third kappa shape index (κ3) is 7.75. The van der Waals surface area contributed by atoms with Gasteiger partial charge in [0.1, 0.15) is 6.73 Å². The maximum absolute atomic E-state index is 13.0. The topological polar surface area (TPSA) is 76.9 Å². The van der Waals surface area contributed by atoms with Gasteiger partial charge in [0.15, 0.2) is 5.82 Å². The summed E-state index contributed by atoms with van der Waals surface area (Å²) in [6.45, 7) is 13.0. The standard InChI is InChI=1S/C20H34N4O4Si/c1-6-28-18(25)8-7-17-15-24(16-27-13-14-29(3,4)5)20(26)19(21-17)23-11-9-22(2)10-12-23/h7-8,15H,6,9-14,16H2,1-5H3/b8-7+. The Morgan fingerprint density at radius 2 is 1.93 bits per heavy atom. The average molecular weight is 423 g/mol. The number of nitrogens with zero attached hydrogens (tertiary/aromatic N) is 4. The molecule has 1 aromatic rings. The lowest BCUT2D eigenvalue weighted by molar-refractivity contribution is -0.137. The molecule has 162 valence electrons. The molecule has 1 aromatic heterocycles. The summed E-state index contributed by atoms with van der Waals surface area (Å²) in [6.07, 6.45) is 4.54. The SMILES string of the molecule is CCOC(=O)/C=C/c1cn(COCC[Si](C)(C)C)c(=O)c(N2CCN(C)CC2)n1. The van der Waals surface area contributed by atoms with Gasteiger partial charge in [-0.1, -0.05) is 19.6 Å². The lowest BCUT2D eigenvalue weighted by Crippen LogP contribution is -2.47. The molecule has 0 amide bonds. The molecule has 9 heteroatoms. The predicted molar refractivity (Wildman–Crippen MR) is 118 cm³/mol. The fourth-order valence-electron chi connectivity index (χ4n) is 2.83. The second-order valence-corrected chi connectivity index (χ2v) is 14.1. The average Bonchev–Trinajstić information content (AvgIpc) is 2.65. The molecule has 0 radical (unpaired) electrons. The number of carbonyl (C=O) groups excluding carboxylic acids is 1. The summed E-state index contributed by atoms with van der Waals surface area (Å²) in [4.78, 5) is 33.4. The second kappa shape index (κ2) is 10.7. The van der Waals surface area contributed by atoms with Crippen LogP contribution in [-0.4, -0.2) is 74.9 Å². The predicted octanol–water partition coefficient (Wildman–Crippen LogP) is 1.88. The Labute approximate surface area is 174 Å². The number of likely N-dealkylation sites (N-methyl/N-ethyl adjacent to an activating group) is 1. The van der Waals surface area contributed by atoms with Gasteiger partial charge in [-0.15, -0.1) is 0 Å². The first kappa shape index (κ1) is 23.3. The van der Waals surface area contributed by atoms with E-state index in [0.717, 1.165) is 32.2 Å². The number of esters is 1. The van der Waals surface area contributed by atoms with Gasteiger partial charge in [-0.2, -0.15) is 0 Å². The van der Waals surface area contributed by atoms with E-state index in [1.165, 1.54) is 10.6 Å². The van der Waals surface area contributed by atoms with Crippen LogP contribution in [0.4, 0.5) is 5.82 Å². The number of anilines is 1. The lowest BCUT2D eigenvalue weighted by Gasteiger charge is -2.33. The summed E-state index contributed by atoms with van der Waals surface area (Å²) in [5.74, 6) is -0.0301. The van der Waals surface area contributed by atoms with E-state index in [2.05, 4.69) is 36.6 Å². The molecule has 1 saturated heterocycles. The summed E-state index contributed by atoms with van der Waals surface area (Å²) in [7, 11) is 0.866. The monoisotopic (exact) mass is 422 g/mol. The van der Waals surface area contributed by atoms with Gasteiger partial charge < -0.3 is 19.3 Å². The molecule has 29 heavy (non-hydrogen) atoms. The van der Waals surface area contributed by atoms with Crippen molar-refractivity contribution in [2.24, 2.45) is 0 Å². The molecule has 0 bridgehead atoms. The van der Waals surface area contributed by atoms with Crippen molar-refractivity contribution in [3.8, 4) is 0 Å². The van der Waals surface area contributed by atoms with Crippen molar-refractivity contribution in [3.05, 3.63) is 28.3 Å². The number of hydrogen-bond acceptors (Lipinski definition) is 7. The van der Waals surface area contributed by atoms with Gasteiger partial charge in [-0.3, -0.25) is 9.36 Å². The van der Waals surface area contributed by atoms with Crippen molar-refractivity contribution in [1.82, 2.24) is 14.5 Å². The first-order valence-corrected chi connectivity index (χ1v) is 13.9. The van der Waals surface area contributed by atoms with Gasteiger partial charge in [-0.05, 0) is 26.1 Å². The maximum atomic E-state index is 13.0. The minimum atomic E-state index is -1.20. The molecule has 0 spiro atoms. The van der Waals surface area contributed by atoms with E-state index in [-0.39, 0.29) is 12.3 Å². The fraction of sp³-hybridized carbons (Fsp3) is 0.650. The van der Waals surface area contributed by atoms with Crippen molar-refractivity contribution < 1.29 is 14.3 Å². The van der Waals surface area contributed by atoms with Crippen molar-refractivity contribution in [2.45, 2.75) is 39.3 Å². The first-order valence-electron chi connectivity index (χ1n) is 10.2. The molecule has 0 unspecified atom stereocenters. The molecule has 0 aliphatic carbocycles. The highest BCUT2D eigenvalue weighted by Gasteiger charge is 2.20. The van der Waals surface area contributed by atoms with Crippen LogP contribution in [0.1, 0.15) is 12.6 Å². The van der Waals surface area contributed by atoms with Crippen LogP contribution in [0.5, 0.6) is 0 Å². The van der Waals surface area contributed by atoms with Crippen molar-refractivity contribution >= 4 is 25.9 Å². The van der Waals surface area contributed by atoms with Crippen molar-refractivity contribution in [2.75, 3.05) is 51.3 Å². The highest BCUT2D eigenvalue weighted by Crippen LogP contribution is 2.12. The summed E-state index contributed by atoms with van der Waals surface area (Å²) < 4.78 is 12.2. The van der Waals surface area contributed by atoms with Crippen LogP contribution < -0.4 is 10.5 Å².